The van der Waals surface area contributed by atoms with E-state index in [0.29, 0.717) is 36.8 Å². The van der Waals surface area contributed by atoms with Crippen molar-refractivity contribution in [2.75, 3.05) is 14.1 Å². The molecule has 0 saturated heterocycles. The minimum absolute atomic E-state index is 0.0162. The molecule has 1 aliphatic carbocycles. The smallest absolute Gasteiger partial charge is 0.312 e. The fourth-order valence-electron chi connectivity index (χ4n) is 6.14. The Morgan fingerprint density at radius 3 is 2.49 bits per heavy atom. The molecule has 13 heteroatoms. The minimum atomic E-state index is -1.14. The average molecular weight is 594 g/mol. The van der Waals surface area contributed by atoms with Crippen molar-refractivity contribution >= 4 is 17.7 Å². The predicted molar refractivity (Wildman–Crippen MR) is 153 cm³/mol. The Bertz CT molecular complexity index is 1670. The van der Waals surface area contributed by atoms with Gasteiger partial charge in [-0.25, -0.2) is 9.37 Å². The quantitative estimate of drug-likeness (QED) is 0.416. The summed E-state index contributed by atoms with van der Waals surface area (Å²) in [5.41, 5.74) is 0.348. The minimum Gasteiger partial charge on any atom is -0.501 e. The van der Waals surface area contributed by atoms with Gasteiger partial charge in [0.15, 0.2) is 5.69 Å². The highest BCUT2D eigenvalue weighted by atomic mass is 19.1. The number of amides is 3. The Morgan fingerprint density at radius 2 is 1.86 bits per heavy atom. The van der Waals surface area contributed by atoms with Gasteiger partial charge in [0.2, 0.25) is 5.75 Å². The zero-order valence-corrected chi connectivity index (χ0v) is 25.0. The number of nitrogens with zero attached hydrogens (tertiary/aromatic N) is 6. The fourth-order valence-corrected chi connectivity index (χ4v) is 6.14. The van der Waals surface area contributed by atoms with Crippen LogP contribution in [0.2, 0.25) is 0 Å². The Kier molecular flexibility index (Phi) is 7.84. The Labute approximate surface area is 248 Å². The lowest BCUT2D eigenvalue weighted by Gasteiger charge is -2.43. The topological polar surface area (TPSA) is 143 Å². The van der Waals surface area contributed by atoms with Crippen LogP contribution in [0.3, 0.4) is 0 Å². The van der Waals surface area contributed by atoms with Gasteiger partial charge in [-0.1, -0.05) is 12.1 Å². The van der Waals surface area contributed by atoms with E-state index in [-0.39, 0.29) is 37.2 Å². The van der Waals surface area contributed by atoms with Gasteiger partial charge in [0.1, 0.15) is 17.2 Å². The second-order valence-corrected chi connectivity index (χ2v) is 11.7. The van der Waals surface area contributed by atoms with Crippen molar-refractivity contribution in [2.24, 2.45) is 13.0 Å². The summed E-state index contributed by atoms with van der Waals surface area (Å²) in [4.78, 5) is 60.9. The molecule has 0 spiro atoms. The van der Waals surface area contributed by atoms with Crippen molar-refractivity contribution in [3.63, 3.8) is 0 Å². The van der Waals surface area contributed by atoms with Crippen molar-refractivity contribution in [2.45, 2.75) is 64.7 Å². The molecule has 1 saturated carbocycles. The Morgan fingerprint density at radius 1 is 1.16 bits per heavy atom. The summed E-state index contributed by atoms with van der Waals surface area (Å²) in [5.74, 6) is -3.15. The van der Waals surface area contributed by atoms with Crippen molar-refractivity contribution in [3.8, 4) is 5.75 Å². The van der Waals surface area contributed by atoms with Crippen LogP contribution >= 0.6 is 0 Å². The number of nitrogens with one attached hydrogen (secondary N) is 1. The Hall–Kier alpha value is -4.55. The number of aromatic nitrogens is 4. The van der Waals surface area contributed by atoms with Crippen LogP contribution in [-0.2, 0) is 41.8 Å². The third-order valence-electron chi connectivity index (χ3n) is 9.05. The predicted octanol–water partition coefficient (Wildman–Crippen LogP) is 1.88. The lowest BCUT2D eigenvalue weighted by atomic mass is 9.76. The molecule has 228 valence electrons. The van der Waals surface area contributed by atoms with Crippen molar-refractivity contribution in [1.82, 2.24) is 34.4 Å². The fraction of sp³-hybridized carbons (Fsp3) is 0.467. The van der Waals surface area contributed by atoms with E-state index >= 15 is 0 Å². The second kappa shape index (κ2) is 11.3. The first kappa shape index (κ1) is 29.9. The second-order valence-electron chi connectivity index (χ2n) is 11.7. The van der Waals surface area contributed by atoms with Crippen molar-refractivity contribution in [3.05, 3.63) is 74.5 Å². The molecule has 0 unspecified atom stereocenters. The highest BCUT2D eigenvalue weighted by molar-refractivity contribution is 6.34. The number of halogens is 1. The van der Waals surface area contributed by atoms with Crippen LogP contribution in [0, 0.1) is 25.6 Å². The third-order valence-corrected chi connectivity index (χ3v) is 9.05. The number of hydrogen-bond acceptors (Lipinski definition) is 7. The van der Waals surface area contributed by atoms with Crippen LogP contribution in [-0.4, -0.2) is 66.1 Å². The van der Waals surface area contributed by atoms with Gasteiger partial charge in [-0.3, -0.25) is 28.4 Å². The average Bonchev–Trinajstić information content (AvgIpc) is 3.14. The molecule has 3 aromatic rings. The van der Waals surface area contributed by atoms with Crippen LogP contribution < -0.4 is 10.9 Å². The number of benzene rings is 1. The molecular weight excluding hydrogens is 557 g/mol. The van der Waals surface area contributed by atoms with Crippen LogP contribution in [0.15, 0.2) is 29.2 Å². The van der Waals surface area contributed by atoms with E-state index in [1.807, 2.05) is 6.92 Å². The Balaban J connectivity index is 1.45. The van der Waals surface area contributed by atoms with E-state index < -0.39 is 40.3 Å². The van der Waals surface area contributed by atoms with Crippen molar-refractivity contribution in [1.29, 1.82) is 0 Å². The lowest BCUT2D eigenvalue weighted by Crippen LogP contribution is -2.54. The largest absolute Gasteiger partial charge is 0.501 e. The maximum atomic E-state index is 13.7. The van der Waals surface area contributed by atoms with Crippen molar-refractivity contribution < 1.29 is 23.9 Å². The van der Waals surface area contributed by atoms with Gasteiger partial charge < -0.3 is 20.2 Å². The maximum Gasteiger partial charge on any atom is 0.312 e. The van der Waals surface area contributed by atoms with E-state index in [2.05, 4.69) is 15.4 Å². The van der Waals surface area contributed by atoms with E-state index in [9.17, 15) is 28.7 Å². The zero-order chi connectivity index (χ0) is 31.2. The molecule has 3 amide bonds. The van der Waals surface area contributed by atoms with Gasteiger partial charge in [0, 0.05) is 52.0 Å². The highest BCUT2D eigenvalue weighted by Crippen LogP contribution is 2.46. The molecular formula is C30H36FN7O5. The lowest BCUT2D eigenvalue weighted by molar-refractivity contribution is -0.155. The summed E-state index contributed by atoms with van der Waals surface area (Å²) < 4.78 is 16.7. The van der Waals surface area contributed by atoms with Gasteiger partial charge in [-0.2, -0.15) is 5.10 Å². The molecule has 1 fully saturated rings. The molecule has 12 nitrogen and oxygen atoms in total. The van der Waals surface area contributed by atoms with Crippen LogP contribution in [0.25, 0.3) is 0 Å². The first-order valence-corrected chi connectivity index (χ1v) is 14.2. The van der Waals surface area contributed by atoms with Gasteiger partial charge >= 0.3 is 11.8 Å². The number of hydrogen-bond donors (Lipinski definition) is 2. The molecule has 43 heavy (non-hydrogen) atoms. The first-order chi connectivity index (χ1) is 20.3. The van der Waals surface area contributed by atoms with Crippen LogP contribution in [0.1, 0.15) is 64.4 Å². The molecule has 6 rings (SSSR count). The molecule has 4 heterocycles. The summed E-state index contributed by atoms with van der Waals surface area (Å²) in [6.45, 7) is 3.97. The number of rotatable bonds is 6. The molecule has 2 bridgehead atoms. The van der Waals surface area contributed by atoms with Crippen LogP contribution in [0.5, 0.6) is 5.75 Å². The summed E-state index contributed by atoms with van der Waals surface area (Å²) in [7, 11) is 4.86. The molecule has 2 aliphatic heterocycles. The molecule has 2 aromatic heterocycles. The summed E-state index contributed by atoms with van der Waals surface area (Å²) in [5, 5.41) is 17.6. The molecule has 0 atom stereocenters. The summed E-state index contributed by atoms with van der Waals surface area (Å²) >= 11 is 0. The molecule has 3 aliphatic rings. The molecule has 0 radical (unpaired) electrons. The maximum absolute atomic E-state index is 13.7. The van der Waals surface area contributed by atoms with Gasteiger partial charge in [0.05, 0.1) is 6.20 Å². The first-order valence-electron chi connectivity index (χ1n) is 14.2. The number of aromatic hydroxyl groups is 1. The number of carbonyl (C=O) groups excluding carboxylic acids is 3. The summed E-state index contributed by atoms with van der Waals surface area (Å²) in [6.07, 6.45) is 3.87. The van der Waals surface area contributed by atoms with E-state index in [0.717, 1.165) is 11.3 Å². The van der Waals surface area contributed by atoms with Gasteiger partial charge in [0.25, 0.3) is 11.5 Å². The van der Waals surface area contributed by atoms with Gasteiger partial charge in [-0.05, 0) is 62.6 Å². The number of likely N-dealkylation sites (N-methyl/N-ethyl adjacent to an activating group) is 2. The number of carbonyl (C=O) groups is 3. The standard InChI is InChI=1S/C30H36FN7O5/c1-17-12-20(6-7-22(17)31)13-32-25(40)23-24(39)26(41)38-15-19-8-10-30(11-9-19,29(38)34-23)36(4)28(43)27(42)35(3)16-21-14-33-37(5)18(21)2/h6-7,12,14,19,39H,8-11,13,15-16H2,1-5H3,(H,32,40). The molecule has 2 N–H and O–H groups in total. The van der Waals surface area contributed by atoms with Crippen LogP contribution in [0.4, 0.5) is 4.39 Å². The van der Waals surface area contributed by atoms with E-state index in [4.69, 9.17) is 0 Å². The van der Waals surface area contributed by atoms with E-state index in [1.165, 1.54) is 33.5 Å². The zero-order valence-electron chi connectivity index (χ0n) is 25.0. The molecule has 1 aromatic carbocycles. The monoisotopic (exact) mass is 593 g/mol. The van der Waals surface area contributed by atoms with E-state index in [1.54, 1.807) is 38.0 Å². The normalized spacial score (nSPS) is 19.0. The third kappa shape index (κ3) is 5.28. The number of aryl methyl sites for hydroxylation is 2. The number of fused-ring (bicyclic) bond motifs is 2. The SMILES string of the molecule is Cc1cc(CNC(=O)c2nc3n(c(=O)c2O)CC2CCC3(N(C)C(=O)C(=O)N(C)Cc3cnn(C)c3C)CC2)ccc1F. The van der Waals surface area contributed by atoms with Gasteiger partial charge in [-0.15, -0.1) is 0 Å². The highest BCUT2D eigenvalue weighted by Gasteiger charge is 2.50. The summed E-state index contributed by atoms with van der Waals surface area (Å²) in [6, 6.07) is 4.41.